The zero-order valence-corrected chi connectivity index (χ0v) is 9.47. The number of hydrogen-bond donors (Lipinski definition) is 1. The lowest BCUT2D eigenvalue weighted by molar-refractivity contribution is 0.0671. The highest BCUT2D eigenvalue weighted by atomic mass is 16.5. The lowest BCUT2D eigenvalue weighted by atomic mass is 10.2. The number of ether oxygens (including phenoxy) is 2. The standard InChI is InChI=1S/C11H19N3O2/c12-11(14-4-7-15-8-5-14)13-9-10-3-1-2-6-16-10/h2,6,10H,1,3-5,7-9H2,(H2,12,13)/t10-/m0/s1. The topological polar surface area (TPSA) is 60.1 Å². The van der Waals surface area contributed by atoms with Crippen molar-refractivity contribution in [3.8, 4) is 0 Å². The first-order valence-electron chi connectivity index (χ1n) is 5.79. The largest absolute Gasteiger partial charge is 0.496 e. The summed E-state index contributed by atoms with van der Waals surface area (Å²) in [5.41, 5.74) is 5.91. The van der Waals surface area contributed by atoms with Crippen molar-refractivity contribution in [1.29, 1.82) is 0 Å². The van der Waals surface area contributed by atoms with E-state index in [9.17, 15) is 0 Å². The first-order valence-corrected chi connectivity index (χ1v) is 5.79. The molecule has 0 aliphatic carbocycles. The molecule has 1 atom stereocenters. The number of allylic oxidation sites excluding steroid dienone is 1. The second-order valence-electron chi connectivity index (χ2n) is 4.01. The molecule has 2 aliphatic rings. The van der Waals surface area contributed by atoms with Crippen molar-refractivity contribution in [3.05, 3.63) is 12.3 Å². The van der Waals surface area contributed by atoms with E-state index in [0.717, 1.165) is 39.1 Å². The Morgan fingerprint density at radius 1 is 1.44 bits per heavy atom. The van der Waals surface area contributed by atoms with E-state index in [4.69, 9.17) is 15.2 Å². The van der Waals surface area contributed by atoms with Gasteiger partial charge in [0, 0.05) is 13.1 Å². The minimum absolute atomic E-state index is 0.185. The maximum atomic E-state index is 5.91. The zero-order valence-electron chi connectivity index (χ0n) is 9.47. The molecule has 1 fully saturated rings. The minimum Gasteiger partial charge on any atom is -0.496 e. The smallest absolute Gasteiger partial charge is 0.191 e. The molecule has 0 aromatic rings. The van der Waals surface area contributed by atoms with Gasteiger partial charge in [0.25, 0.3) is 0 Å². The summed E-state index contributed by atoms with van der Waals surface area (Å²) < 4.78 is 10.7. The molecule has 0 spiro atoms. The first-order chi connectivity index (χ1) is 7.86. The van der Waals surface area contributed by atoms with Gasteiger partial charge in [0.1, 0.15) is 6.10 Å². The number of nitrogens with zero attached hydrogens (tertiary/aromatic N) is 2. The highest BCUT2D eigenvalue weighted by molar-refractivity contribution is 5.78. The highest BCUT2D eigenvalue weighted by Gasteiger charge is 2.14. The predicted octanol–water partition coefficient (Wildman–Crippen LogP) is 0.326. The molecule has 5 nitrogen and oxygen atoms in total. The maximum absolute atomic E-state index is 5.91. The molecule has 0 unspecified atom stereocenters. The molecule has 0 aromatic carbocycles. The molecule has 0 saturated carbocycles. The number of nitrogens with two attached hydrogens (primary N) is 1. The molecule has 2 heterocycles. The zero-order chi connectivity index (χ0) is 11.2. The van der Waals surface area contributed by atoms with Crippen LogP contribution in [0.4, 0.5) is 0 Å². The van der Waals surface area contributed by atoms with Crippen LogP contribution in [0.15, 0.2) is 17.3 Å². The molecule has 0 radical (unpaired) electrons. The fourth-order valence-electron chi connectivity index (χ4n) is 1.81. The van der Waals surface area contributed by atoms with E-state index in [-0.39, 0.29) is 6.10 Å². The normalized spacial score (nSPS) is 26.6. The molecule has 2 aliphatic heterocycles. The molecule has 16 heavy (non-hydrogen) atoms. The predicted molar refractivity (Wildman–Crippen MR) is 62.1 cm³/mol. The van der Waals surface area contributed by atoms with Crippen LogP contribution in [0.2, 0.25) is 0 Å². The Kier molecular flexibility index (Phi) is 4.04. The highest BCUT2D eigenvalue weighted by Crippen LogP contribution is 2.10. The van der Waals surface area contributed by atoms with Crippen LogP contribution in [-0.2, 0) is 9.47 Å². The summed E-state index contributed by atoms with van der Waals surface area (Å²) >= 11 is 0. The summed E-state index contributed by atoms with van der Waals surface area (Å²) in [6, 6.07) is 0. The summed E-state index contributed by atoms with van der Waals surface area (Å²) in [4.78, 5) is 6.44. The van der Waals surface area contributed by atoms with Crippen LogP contribution in [-0.4, -0.2) is 49.8 Å². The number of guanidine groups is 1. The average molecular weight is 225 g/mol. The lowest BCUT2D eigenvalue weighted by Gasteiger charge is -2.28. The fraction of sp³-hybridized carbons (Fsp3) is 0.727. The van der Waals surface area contributed by atoms with Crippen molar-refractivity contribution in [2.75, 3.05) is 32.8 Å². The van der Waals surface area contributed by atoms with Gasteiger partial charge in [-0.15, -0.1) is 0 Å². The van der Waals surface area contributed by atoms with Crippen LogP contribution in [0.3, 0.4) is 0 Å². The van der Waals surface area contributed by atoms with E-state index >= 15 is 0 Å². The molecule has 0 aromatic heterocycles. The maximum Gasteiger partial charge on any atom is 0.191 e. The van der Waals surface area contributed by atoms with Gasteiger partial charge in [-0.2, -0.15) is 0 Å². The number of rotatable bonds is 2. The van der Waals surface area contributed by atoms with Crippen molar-refractivity contribution < 1.29 is 9.47 Å². The first kappa shape index (κ1) is 11.3. The van der Waals surface area contributed by atoms with Gasteiger partial charge in [0.2, 0.25) is 0 Å². The Balaban J connectivity index is 1.78. The quantitative estimate of drug-likeness (QED) is 0.543. The fourth-order valence-corrected chi connectivity index (χ4v) is 1.81. The SMILES string of the molecule is NC(=NC[C@@H]1CCC=CO1)N1CCOCC1. The van der Waals surface area contributed by atoms with E-state index in [2.05, 4.69) is 9.89 Å². The van der Waals surface area contributed by atoms with Gasteiger partial charge in [0.15, 0.2) is 5.96 Å². The minimum atomic E-state index is 0.185. The molecular formula is C11H19N3O2. The summed E-state index contributed by atoms with van der Waals surface area (Å²) in [6.07, 6.45) is 6.07. The third-order valence-electron chi connectivity index (χ3n) is 2.81. The van der Waals surface area contributed by atoms with Crippen LogP contribution in [0.25, 0.3) is 0 Å². The summed E-state index contributed by atoms with van der Waals surface area (Å²) in [6.45, 7) is 3.78. The third-order valence-corrected chi connectivity index (χ3v) is 2.81. The summed E-state index contributed by atoms with van der Waals surface area (Å²) in [5, 5.41) is 0. The number of aliphatic imine (C=N–C) groups is 1. The van der Waals surface area contributed by atoms with Crippen LogP contribution in [0.1, 0.15) is 12.8 Å². The van der Waals surface area contributed by atoms with Crippen molar-refractivity contribution >= 4 is 5.96 Å². The molecule has 2 N–H and O–H groups in total. The molecule has 1 saturated heterocycles. The average Bonchev–Trinajstić information content (AvgIpc) is 2.38. The monoisotopic (exact) mass is 225 g/mol. The Morgan fingerprint density at radius 3 is 2.94 bits per heavy atom. The molecule has 5 heteroatoms. The van der Waals surface area contributed by atoms with Gasteiger partial charge in [-0.25, -0.2) is 4.99 Å². The van der Waals surface area contributed by atoms with Crippen LogP contribution in [0, 0.1) is 0 Å². The van der Waals surface area contributed by atoms with Gasteiger partial charge < -0.3 is 20.1 Å². The lowest BCUT2D eigenvalue weighted by Crippen LogP contribution is -2.45. The van der Waals surface area contributed by atoms with Crippen LogP contribution >= 0.6 is 0 Å². The van der Waals surface area contributed by atoms with Gasteiger partial charge in [-0.1, -0.05) is 0 Å². The summed E-state index contributed by atoms with van der Waals surface area (Å²) in [7, 11) is 0. The Bertz CT molecular complexity index is 272. The Morgan fingerprint density at radius 2 is 2.25 bits per heavy atom. The molecule has 2 rings (SSSR count). The Hall–Kier alpha value is -1.23. The number of hydrogen-bond acceptors (Lipinski definition) is 3. The second-order valence-corrected chi connectivity index (χ2v) is 4.01. The molecule has 0 bridgehead atoms. The van der Waals surface area contributed by atoms with E-state index in [1.807, 2.05) is 6.08 Å². The van der Waals surface area contributed by atoms with Gasteiger partial charge >= 0.3 is 0 Å². The summed E-state index contributed by atoms with van der Waals surface area (Å²) in [5.74, 6) is 0.612. The van der Waals surface area contributed by atoms with Gasteiger partial charge in [-0.3, -0.25) is 0 Å². The van der Waals surface area contributed by atoms with E-state index < -0.39 is 0 Å². The third kappa shape index (κ3) is 3.13. The van der Waals surface area contributed by atoms with Crippen molar-refractivity contribution in [2.24, 2.45) is 10.7 Å². The van der Waals surface area contributed by atoms with Crippen LogP contribution in [0.5, 0.6) is 0 Å². The molecular weight excluding hydrogens is 206 g/mol. The van der Waals surface area contributed by atoms with Crippen LogP contribution < -0.4 is 5.73 Å². The Labute approximate surface area is 95.9 Å². The van der Waals surface area contributed by atoms with Crippen molar-refractivity contribution in [3.63, 3.8) is 0 Å². The van der Waals surface area contributed by atoms with Gasteiger partial charge in [-0.05, 0) is 18.9 Å². The van der Waals surface area contributed by atoms with Gasteiger partial charge in [0.05, 0.1) is 26.0 Å². The van der Waals surface area contributed by atoms with Crippen molar-refractivity contribution in [2.45, 2.75) is 18.9 Å². The van der Waals surface area contributed by atoms with E-state index in [1.54, 1.807) is 6.26 Å². The molecule has 0 amide bonds. The van der Waals surface area contributed by atoms with Crippen molar-refractivity contribution in [1.82, 2.24) is 4.90 Å². The molecule has 90 valence electrons. The second kappa shape index (κ2) is 5.75. The van der Waals surface area contributed by atoms with E-state index in [0.29, 0.717) is 12.5 Å². The number of morpholine rings is 1. The van der Waals surface area contributed by atoms with E-state index in [1.165, 1.54) is 0 Å².